The van der Waals surface area contributed by atoms with E-state index in [1.165, 1.54) is 22.5 Å². The van der Waals surface area contributed by atoms with Crippen molar-refractivity contribution in [3.63, 3.8) is 0 Å². The molecule has 2 heterocycles. The van der Waals surface area contributed by atoms with Crippen LogP contribution < -0.4 is 4.90 Å². The average Bonchev–Trinajstić information content (AvgIpc) is 3.12. The zero-order valence-electron chi connectivity index (χ0n) is 15.6. The first-order valence-electron chi connectivity index (χ1n) is 9.14. The molecule has 2 aliphatic heterocycles. The number of carbonyl (C=O) groups is 1. The molecule has 0 N–H and O–H groups in total. The molecule has 2 fully saturated rings. The normalized spacial score (nSPS) is 24.2. The third-order valence-electron chi connectivity index (χ3n) is 5.73. The quantitative estimate of drug-likeness (QED) is 0.786. The van der Waals surface area contributed by atoms with Crippen LogP contribution >= 0.6 is 0 Å². The van der Waals surface area contributed by atoms with Crippen molar-refractivity contribution in [1.82, 2.24) is 9.21 Å². The van der Waals surface area contributed by atoms with Gasteiger partial charge in [0.2, 0.25) is 15.9 Å². The summed E-state index contributed by atoms with van der Waals surface area (Å²) >= 11 is 0. The fourth-order valence-electron chi connectivity index (χ4n) is 4.04. The van der Waals surface area contributed by atoms with Gasteiger partial charge in [-0.05, 0) is 43.8 Å². The van der Waals surface area contributed by atoms with Gasteiger partial charge in [0.05, 0.1) is 17.0 Å². The Kier molecular flexibility index (Phi) is 4.73. The number of piperazine rings is 1. The minimum absolute atomic E-state index is 0.00855. The number of rotatable bonds is 3. The summed E-state index contributed by atoms with van der Waals surface area (Å²) in [6.45, 7) is 1.24. The van der Waals surface area contributed by atoms with Crippen LogP contribution in [0.2, 0.25) is 0 Å². The Labute approximate surface area is 164 Å². The van der Waals surface area contributed by atoms with Gasteiger partial charge in [-0.2, -0.15) is 4.31 Å². The standard InChI is InChI=1S/C20H22FN3O3S/c1-22-13-19(25)24(17-7-3-2-4-8-17)15-20(22)10-11-23(14-20)28(26,27)18-9-5-6-16(21)12-18/h2-9,12H,10-11,13-15H2,1H3/t20-/m0/s1. The number of carbonyl (C=O) groups excluding carboxylic acids is 1. The molecule has 2 aromatic carbocycles. The maximum absolute atomic E-state index is 13.5. The van der Waals surface area contributed by atoms with E-state index in [4.69, 9.17) is 0 Å². The van der Waals surface area contributed by atoms with Crippen molar-refractivity contribution in [2.45, 2.75) is 16.9 Å². The molecule has 2 saturated heterocycles. The summed E-state index contributed by atoms with van der Waals surface area (Å²) in [6, 6.07) is 14.5. The van der Waals surface area contributed by atoms with E-state index in [0.29, 0.717) is 19.5 Å². The van der Waals surface area contributed by atoms with E-state index in [-0.39, 0.29) is 23.9 Å². The second kappa shape index (κ2) is 6.95. The first-order chi connectivity index (χ1) is 13.3. The molecule has 148 valence electrons. The Morgan fingerprint density at radius 3 is 2.50 bits per heavy atom. The summed E-state index contributed by atoms with van der Waals surface area (Å²) in [6.07, 6.45) is 0.606. The monoisotopic (exact) mass is 403 g/mol. The number of para-hydroxylation sites is 1. The van der Waals surface area contributed by atoms with Crippen molar-refractivity contribution < 1.29 is 17.6 Å². The smallest absolute Gasteiger partial charge is 0.243 e. The van der Waals surface area contributed by atoms with Crippen LogP contribution in [-0.2, 0) is 14.8 Å². The predicted molar refractivity (Wildman–Crippen MR) is 104 cm³/mol. The van der Waals surface area contributed by atoms with E-state index < -0.39 is 21.4 Å². The number of halogens is 1. The predicted octanol–water partition coefficient (Wildman–Crippen LogP) is 1.94. The van der Waals surface area contributed by atoms with Crippen molar-refractivity contribution in [3.8, 4) is 0 Å². The van der Waals surface area contributed by atoms with E-state index in [1.807, 2.05) is 42.3 Å². The zero-order valence-corrected chi connectivity index (χ0v) is 16.4. The molecule has 0 aliphatic carbocycles. The van der Waals surface area contributed by atoms with Crippen LogP contribution in [0.4, 0.5) is 10.1 Å². The Morgan fingerprint density at radius 2 is 1.79 bits per heavy atom. The lowest BCUT2D eigenvalue weighted by molar-refractivity contribution is -0.123. The van der Waals surface area contributed by atoms with E-state index in [1.54, 1.807) is 4.90 Å². The summed E-state index contributed by atoms with van der Waals surface area (Å²) < 4.78 is 40.9. The topological polar surface area (TPSA) is 60.9 Å². The van der Waals surface area contributed by atoms with E-state index in [2.05, 4.69) is 0 Å². The van der Waals surface area contributed by atoms with Gasteiger partial charge in [0.15, 0.2) is 0 Å². The maximum atomic E-state index is 13.5. The zero-order chi connectivity index (χ0) is 19.9. The van der Waals surface area contributed by atoms with Crippen LogP contribution in [0.1, 0.15) is 6.42 Å². The molecule has 0 aromatic heterocycles. The number of nitrogens with zero attached hydrogens (tertiary/aromatic N) is 3. The van der Waals surface area contributed by atoms with Gasteiger partial charge in [0.1, 0.15) is 5.82 Å². The van der Waals surface area contributed by atoms with Crippen molar-refractivity contribution in [2.75, 3.05) is 38.1 Å². The molecule has 28 heavy (non-hydrogen) atoms. The highest BCUT2D eigenvalue weighted by Crippen LogP contribution is 2.35. The molecule has 0 bridgehead atoms. The highest BCUT2D eigenvalue weighted by Gasteiger charge is 2.50. The molecular weight excluding hydrogens is 381 g/mol. The summed E-state index contributed by atoms with van der Waals surface area (Å²) in [5, 5.41) is 0. The molecule has 0 saturated carbocycles. The summed E-state index contributed by atoms with van der Waals surface area (Å²) in [4.78, 5) is 16.2. The van der Waals surface area contributed by atoms with Crippen LogP contribution in [-0.4, -0.2) is 62.3 Å². The number of sulfonamides is 1. The van der Waals surface area contributed by atoms with Gasteiger partial charge in [0, 0.05) is 25.3 Å². The van der Waals surface area contributed by atoms with E-state index >= 15 is 0 Å². The summed E-state index contributed by atoms with van der Waals surface area (Å²) in [7, 11) is -1.93. The Morgan fingerprint density at radius 1 is 1.04 bits per heavy atom. The largest absolute Gasteiger partial charge is 0.309 e. The maximum Gasteiger partial charge on any atom is 0.243 e. The summed E-state index contributed by atoms with van der Waals surface area (Å²) in [5.74, 6) is -0.587. The van der Waals surface area contributed by atoms with Crippen LogP contribution in [0.5, 0.6) is 0 Å². The number of likely N-dealkylation sites (N-methyl/N-ethyl adjacent to an activating group) is 1. The van der Waals surface area contributed by atoms with Gasteiger partial charge in [-0.1, -0.05) is 24.3 Å². The first kappa shape index (κ1) is 19.0. The molecule has 1 amide bonds. The number of amides is 1. The Hall–Kier alpha value is -2.29. The lowest BCUT2D eigenvalue weighted by atomic mass is 9.92. The van der Waals surface area contributed by atoms with Crippen molar-refractivity contribution in [2.24, 2.45) is 0 Å². The third kappa shape index (κ3) is 3.21. The van der Waals surface area contributed by atoms with Crippen LogP contribution in [0.3, 0.4) is 0 Å². The number of anilines is 1. The average molecular weight is 403 g/mol. The lowest BCUT2D eigenvalue weighted by Crippen LogP contribution is -2.64. The fourth-order valence-corrected chi connectivity index (χ4v) is 5.60. The third-order valence-corrected chi connectivity index (χ3v) is 7.58. The second-order valence-corrected chi connectivity index (χ2v) is 9.38. The van der Waals surface area contributed by atoms with Gasteiger partial charge >= 0.3 is 0 Å². The SMILES string of the molecule is CN1CC(=O)N(c2ccccc2)C[C@@]12CCN(S(=O)(=O)c1cccc(F)c1)C2. The molecule has 0 unspecified atom stereocenters. The van der Waals surface area contributed by atoms with E-state index in [9.17, 15) is 17.6 Å². The van der Waals surface area contributed by atoms with Gasteiger partial charge in [0.25, 0.3) is 0 Å². The molecule has 1 spiro atoms. The van der Waals surface area contributed by atoms with Crippen molar-refractivity contribution >= 4 is 21.6 Å². The van der Waals surface area contributed by atoms with Gasteiger partial charge in [-0.25, -0.2) is 12.8 Å². The van der Waals surface area contributed by atoms with Crippen LogP contribution in [0.15, 0.2) is 59.5 Å². The first-order valence-corrected chi connectivity index (χ1v) is 10.6. The molecule has 8 heteroatoms. The number of hydrogen-bond acceptors (Lipinski definition) is 4. The molecule has 1 atom stereocenters. The Bertz CT molecular complexity index is 999. The Balaban J connectivity index is 1.61. The van der Waals surface area contributed by atoms with E-state index in [0.717, 1.165) is 11.8 Å². The molecule has 6 nitrogen and oxygen atoms in total. The second-order valence-electron chi connectivity index (χ2n) is 7.44. The lowest BCUT2D eigenvalue weighted by Gasteiger charge is -2.46. The molecule has 2 aliphatic rings. The molecule has 2 aromatic rings. The molecule has 0 radical (unpaired) electrons. The van der Waals surface area contributed by atoms with Gasteiger partial charge < -0.3 is 4.90 Å². The number of hydrogen-bond donors (Lipinski definition) is 0. The van der Waals surface area contributed by atoms with Crippen LogP contribution in [0.25, 0.3) is 0 Å². The highest BCUT2D eigenvalue weighted by molar-refractivity contribution is 7.89. The highest BCUT2D eigenvalue weighted by atomic mass is 32.2. The van der Waals surface area contributed by atoms with Crippen LogP contribution in [0, 0.1) is 5.82 Å². The van der Waals surface area contributed by atoms with Gasteiger partial charge in [-0.15, -0.1) is 0 Å². The fraction of sp³-hybridized carbons (Fsp3) is 0.350. The molecule has 4 rings (SSSR count). The van der Waals surface area contributed by atoms with Gasteiger partial charge in [-0.3, -0.25) is 9.69 Å². The minimum Gasteiger partial charge on any atom is -0.309 e. The van der Waals surface area contributed by atoms with Crippen molar-refractivity contribution in [1.29, 1.82) is 0 Å². The van der Waals surface area contributed by atoms with Crippen molar-refractivity contribution in [3.05, 3.63) is 60.4 Å². The number of benzene rings is 2. The minimum atomic E-state index is -3.79. The summed E-state index contributed by atoms with van der Waals surface area (Å²) in [5.41, 5.74) is 0.343. The molecular formula is C20H22FN3O3S.